The number of ether oxygens (including phenoxy) is 2. The van der Waals surface area contributed by atoms with Gasteiger partial charge in [-0.15, -0.1) is 0 Å². The second-order valence-corrected chi connectivity index (χ2v) is 6.55. The Kier molecular flexibility index (Phi) is 6.63. The number of nitrogens with one attached hydrogen (secondary N) is 2. The summed E-state index contributed by atoms with van der Waals surface area (Å²) in [6.45, 7) is 2.47. The molecule has 0 saturated carbocycles. The maximum absolute atomic E-state index is 12.3. The van der Waals surface area contributed by atoms with Gasteiger partial charge in [0.25, 0.3) is 0 Å². The highest BCUT2D eigenvalue weighted by molar-refractivity contribution is 5.92. The molecule has 0 bridgehead atoms. The zero-order chi connectivity index (χ0) is 18.2. The molecular formula is C21H26N2O3. The van der Waals surface area contributed by atoms with Crippen LogP contribution in [0, 0.1) is 5.92 Å². The van der Waals surface area contributed by atoms with Crippen LogP contribution in [0.2, 0.25) is 0 Å². The van der Waals surface area contributed by atoms with E-state index in [9.17, 15) is 4.79 Å². The van der Waals surface area contributed by atoms with E-state index in [-0.39, 0.29) is 11.8 Å². The van der Waals surface area contributed by atoms with Crippen LogP contribution in [-0.4, -0.2) is 32.7 Å². The Morgan fingerprint density at radius 1 is 1.12 bits per heavy atom. The summed E-state index contributed by atoms with van der Waals surface area (Å²) in [4.78, 5) is 12.3. The molecule has 5 nitrogen and oxygen atoms in total. The van der Waals surface area contributed by atoms with Gasteiger partial charge in [-0.25, -0.2) is 0 Å². The van der Waals surface area contributed by atoms with Gasteiger partial charge in [-0.2, -0.15) is 0 Å². The Balaban J connectivity index is 1.53. The fourth-order valence-corrected chi connectivity index (χ4v) is 3.01. The van der Waals surface area contributed by atoms with E-state index in [1.165, 1.54) is 5.56 Å². The van der Waals surface area contributed by atoms with Crippen LogP contribution in [0.1, 0.15) is 18.4 Å². The van der Waals surface area contributed by atoms with Gasteiger partial charge in [0, 0.05) is 19.3 Å². The fourth-order valence-electron chi connectivity index (χ4n) is 3.01. The van der Waals surface area contributed by atoms with Crippen LogP contribution in [0.3, 0.4) is 0 Å². The van der Waals surface area contributed by atoms with E-state index in [1.807, 2.05) is 48.5 Å². The molecule has 0 aliphatic carbocycles. The minimum Gasteiger partial charge on any atom is -0.457 e. The number of hydrogen-bond donors (Lipinski definition) is 2. The van der Waals surface area contributed by atoms with Crippen LogP contribution < -0.4 is 15.4 Å². The summed E-state index contributed by atoms with van der Waals surface area (Å²) in [7, 11) is 1.70. The molecule has 1 heterocycles. The average Bonchev–Trinajstić information content (AvgIpc) is 2.69. The summed E-state index contributed by atoms with van der Waals surface area (Å²) in [5.74, 6) is 1.66. The van der Waals surface area contributed by atoms with Crippen molar-refractivity contribution in [1.82, 2.24) is 5.32 Å². The van der Waals surface area contributed by atoms with Gasteiger partial charge in [-0.3, -0.25) is 4.79 Å². The van der Waals surface area contributed by atoms with Crippen molar-refractivity contribution in [1.29, 1.82) is 0 Å². The number of methoxy groups -OCH3 is 1. The summed E-state index contributed by atoms with van der Waals surface area (Å²) < 4.78 is 10.9. The Hall–Kier alpha value is -2.37. The number of benzene rings is 2. The first-order valence-electron chi connectivity index (χ1n) is 9.12. The molecule has 26 heavy (non-hydrogen) atoms. The molecule has 1 unspecified atom stereocenters. The van der Waals surface area contributed by atoms with E-state index in [2.05, 4.69) is 10.6 Å². The molecule has 2 aromatic carbocycles. The number of rotatable bonds is 7. The van der Waals surface area contributed by atoms with Gasteiger partial charge in [-0.05, 0) is 67.8 Å². The lowest BCUT2D eigenvalue weighted by Crippen LogP contribution is -2.37. The van der Waals surface area contributed by atoms with Crippen LogP contribution in [0.15, 0.2) is 48.5 Å². The molecule has 1 aliphatic rings. The third-order valence-corrected chi connectivity index (χ3v) is 4.54. The van der Waals surface area contributed by atoms with Crippen molar-refractivity contribution >= 4 is 11.6 Å². The predicted octanol–water partition coefficient (Wildman–Crippen LogP) is 3.61. The molecular weight excluding hydrogens is 328 g/mol. The molecule has 1 amide bonds. The third-order valence-electron chi connectivity index (χ3n) is 4.54. The zero-order valence-corrected chi connectivity index (χ0v) is 15.2. The van der Waals surface area contributed by atoms with E-state index in [4.69, 9.17) is 9.47 Å². The Morgan fingerprint density at radius 2 is 1.81 bits per heavy atom. The first-order valence-corrected chi connectivity index (χ1v) is 9.12. The number of anilines is 1. The molecule has 5 heteroatoms. The van der Waals surface area contributed by atoms with Gasteiger partial charge >= 0.3 is 0 Å². The van der Waals surface area contributed by atoms with E-state index in [0.29, 0.717) is 6.61 Å². The smallest absolute Gasteiger partial charge is 0.228 e. The first-order chi connectivity index (χ1) is 12.7. The number of amides is 1. The highest BCUT2D eigenvalue weighted by Crippen LogP contribution is 2.24. The molecule has 3 rings (SSSR count). The Bertz CT molecular complexity index is 692. The zero-order valence-electron chi connectivity index (χ0n) is 15.2. The molecule has 138 valence electrons. The van der Waals surface area contributed by atoms with Gasteiger partial charge in [0.05, 0.1) is 12.5 Å². The second kappa shape index (κ2) is 9.36. The standard InChI is InChI=1S/C21H26N2O3/c1-25-14-12-16-4-8-19(9-5-16)26-20-10-6-18(7-11-20)23-21(24)17-3-2-13-22-15-17/h4-11,17,22H,2-3,12-15H2,1H3,(H,23,24). The fraction of sp³-hybridized carbons (Fsp3) is 0.381. The van der Waals surface area contributed by atoms with Crippen molar-refractivity contribution in [3.8, 4) is 11.5 Å². The van der Waals surface area contributed by atoms with Crippen LogP contribution in [0.5, 0.6) is 11.5 Å². The normalized spacial score (nSPS) is 16.9. The van der Waals surface area contributed by atoms with Gasteiger partial charge in [-0.1, -0.05) is 12.1 Å². The van der Waals surface area contributed by atoms with Gasteiger partial charge in [0.1, 0.15) is 11.5 Å². The van der Waals surface area contributed by atoms with Crippen LogP contribution in [-0.2, 0) is 16.0 Å². The van der Waals surface area contributed by atoms with Gasteiger partial charge < -0.3 is 20.1 Å². The van der Waals surface area contributed by atoms with Crippen molar-refractivity contribution in [2.24, 2.45) is 5.92 Å². The highest BCUT2D eigenvalue weighted by Gasteiger charge is 2.20. The van der Waals surface area contributed by atoms with Crippen molar-refractivity contribution in [2.75, 3.05) is 32.1 Å². The lowest BCUT2D eigenvalue weighted by Gasteiger charge is -2.21. The predicted molar refractivity (Wildman–Crippen MR) is 103 cm³/mol. The summed E-state index contributed by atoms with van der Waals surface area (Å²) in [6.07, 6.45) is 2.89. The SMILES string of the molecule is COCCc1ccc(Oc2ccc(NC(=O)C3CCCNC3)cc2)cc1. The number of carbonyl (C=O) groups excluding carboxylic acids is 1. The van der Waals surface area contributed by atoms with Gasteiger partial charge in [0.15, 0.2) is 0 Å². The lowest BCUT2D eigenvalue weighted by atomic mass is 9.99. The minimum atomic E-state index is 0.0521. The summed E-state index contributed by atoms with van der Waals surface area (Å²) in [5, 5.41) is 6.25. The minimum absolute atomic E-state index is 0.0521. The number of carbonyl (C=O) groups is 1. The summed E-state index contributed by atoms with van der Waals surface area (Å²) >= 11 is 0. The molecule has 0 spiro atoms. The van der Waals surface area contributed by atoms with Crippen molar-refractivity contribution in [3.05, 3.63) is 54.1 Å². The molecule has 1 aliphatic heterocycles. The largest absolute Gasteiger partial charge is 0.457 e. The molecule has 1 atom stereocenters. The molecule has 2 N–H and O–H groups in total. The first kappa shape index (κ1) is 18.4. The molecule has 0 radical (unpaired) electrons. The molecule has 1 saturated heterocycles. The molecule has 2 aromatic rings. The maximum Gasteiger partial charge on any atom is 0.228 e. The van der Waals surface area contributed by atoms with Crippen LogP contribution in [0.4, 0.5) is 5.69 Å². The van der Waals surface area contributed by atoms with Gasteiger partial charge in [0.2, 0.25) is 5.91 Å². The highest BCUT2D eigenvalue weighted by atomic mass is 16.5. The van der Waals surface area contributed by atoms with E-state index in [0.717, 1.165) is 49.5 Å². The monoisotopic (exact) mass is 354 g/mol. The summed E-state index contributed by atoms with van der Waals surface area (Å²) in [5.41, 5.74) is 2.01. The Labute approximate surface area is 154 Å². The molecule has 1 fully saturated rings. The topological polar surface area (TPSA) is 59.6 Å². The summed E-state index contributed by atoms with van der Waals surface area (Å²) in [6, 6.07) is 15.5. The van der Waals surface area contributed by atoms with Crippen LogP contribution >= 0.6 is 0 Å². The Morgan fingerprint density at radius 3 is 2.42 bits per heavy atom. The number of piperidine rings is 1. The van der Waals surface area contributed by atoms with Crippen LogP contribution in [0.25, 0.3) is 0 Å². The quantitative estimate of drug-likeness (QED) is 0.797. The van der Waals surface area contributed by atoms with E-state index < -0.39 is 0 Å². The van der Waals surface area contributed by atoms with E-state index >= 15 is 0 Å². The van der Waals surface area contributed by atoms with Crippen molar-refractivity contribution in [2.45, 2.75) is 19.3 Å². The maximum atomic E-state index is 12.3. The average molecular weight is 354 g/mol. The van der Waals surface area contributed by atoms with Crippen molar-refractivity contribution in [3.63, 3.8) is 0 Å². The second-order valence-electron chi connectivity index (χ2n) is 6.55. The number of hydrogen-bond acceptors (Lipinski definition) is 4. The van der Waals surface area contributed by atoms with E-state index in [1.54, 1.807) is 7.11 Å². The van der Waals surface area contributed by atoms with Crippen molar-refractivity contribution < 1.29 is 14.3 Å². The lowest BCUT2D eigenvalue weighted by molar-refractivity contribution is -0.120. The third kappa shape index (κ3) is 5.31. The molecule has 0 aromatic heterocycles.